The minimum absolute atomic E-state index is 0.385. The molecule has 4 heteroatoms. The van der Waals surface area contributed by atoms with E-state index in [-0.39, 0.29) is 0 Å². The van der Waals surface area contributed by atoms with E-state index in [0.717, 1.165) is 32.7 Å². The van der Waals surface area contributed by atoms with E-state index in [0.29, 0.717) is 12.1 Å². The Morgan fingerprint density at radius 1 is 1.18 bits per heavy atom. The Morgan fingerprint density at radius 2 is 1.82 bits per heavy atom. The molecule has 0 spiro atoms. The van der Waals surface area contributed by atoms with Gasteiger partial charge in [0.05, 0.1) is 5.60 Å². The first-order valence-electron chi connectivity index (χ1n) is 6.90. The van der Waals surface area contributed by atoms with Gasteiger partial charge in [-0.15, -0.1) is 0 Å². The van der Waals surface area contributed by atoms with Crippen molar-refractivity contribution in [3.05, 3.63) is 0 Å². The first kappa shape index (κ1) is 13.3. The van der Waals surface area contributed by atoms with Crippen molar-refractivity contribution in [1.29, 1.82) is 0 Å². The Labute approximate surface area is 105 Å². The van der Waals surface area contributed by atoms with Crippen LogP contribution in [0.25, 0.3) is 0 Å². The van der Waals surface area contributed by atoms with Crippen LogP contribution in [0.5, 0.6) is 0 Å². The van der Waals surface area contributed by atoms with Crippen LogP contribution in [0.15, 0.2) is 0 Å². The number of nitrogens with two attached hydrogens (primary N) is 1. The number of aliphatic hydroxyl groups is 1. The zero-order valence-corrected chi connectivity index (χ0v) is 11.2. The van der Waals surface area contributed by atoms with Crippen molar-refractivity contribution < 1.29 is 5.11 Å². The highest BCUT2D eigenvalue weighted by Gasteiger charge is 2.32. The Kier molecular flexibility index (Phi) is 4.08. The van der Waals surface area contributed by atoms with Crippen LogP contribution >= 0.6 is 0 Å². The number of rotatable bonds is 3. The molecule has 1 heterocycles. The molecule has 0 bridgehead atoms. The van der Waals surface area contributed by atoms with Crippen molar-refractivity contribution in [3.8, 4) is 0 Å². The van der Waals surface area contributed by atoms with Gasteiger partial charge in [-0.25, -0.2) is 0 Å². The molecule has 0 amide bonds. The van der Waals surface area contributed by atoms with Crippen LogP contribution in [0.4, 0.5) is 0 Å². The maximum atomic E-state index is 9.81. The fourth-order valence-corrected chi connectivity index (χ4v) is 3.22. The lowest BCUT2D eigenvalue weighted by Gasteiger charge is -2.41. The van der Waals surface area contributed by atoms with Gasteiger partial charge in [0.2, 0.25) is 0 Å². The molecule has 0 aromatic heterocycles. The summed E-state index contributed by atoms with van der Waals surface area (Å²) in [7, 11) is 0. The second-order valence-electron chi connectivity index (χ2n) is 6.29. The summed E-state index contributed by atoms with van der Waals surface area (Å²) in [5.74, 6) is 0. The molecule has 4 nitrogen and oxygen atoms in total. The Hall–Kier alpha value is -0.160. The third kappa shape index (κ3) is 3.65. The number of nitrogens with zero attached hydrogens (tertiary/aromatic N) is 2. The van der Waals surface area contributed by atoms with Crippen molar-refractivity contribution in [3.63, 3.8) is 0 Å². The molecule has 2 fully saturated rings. The van der Waals surface area contributed by atoms with E-state index in [9.17, 15) is 5.11 Å². The molecule has 17 heavy (non-hydrogen) atoms. The summed E-state index contributed by atoms with van der Waals surface area (Å²) in [6, 6.07) is 0.995. The highest BCUT2D eigenvalue weighted by molar-refractivity contribution is 4.90. The lowest BCUT2D eigenvalue weighted by Crippen LogP contribution is -2.55. The van der Waals surface area contributed by atoms with E-state index in [1.54, 1.807) is 0 Å². The van der Waals surface area contributed by atoms with Crippen molar-refractivity contribution >= 4 is 0 Å². The van der Waals surface area contributed by atoms with Gasteiger partial charge in [-0.1, -0.05) is 6.42 Å². The summed E-state index contributed by atoms with van der Waals surface area (Å²) in [4.78, 5) is 4.91. The first-order valence-corrected chi connectivity index (χ1v) is 6.90. The van der Waals surface area contributed by atoms with Crippen LogP contribution in [0.2, 0.25) is 0 Å². The van der Waals surface area contributed by atoms with E-state index < -0.39 is 5.60 Å². The molecule has 1 saturated heterocycles. The van der Waals surface area contributed by atoms with Gasteiger partial charge in [-0.2, -0.15) is 0 Å². The Morgan fingerprint density at radius 3 is 2.29 bits per heavy atom. The number of hydrogen-bond acceptors (Lipinski definition) is 4. The van der Waals surface area contributed by atoms with Crippen LogP contribution in [-0.2, 0) is 0 Å². The molecule has 0 radical (unpaired) electrons. The van der Waals surface area contributed by atoms with Gasteiger partial charge < -0.3 is 10.8 Å². The molecule has 3 N–H and O–H groups in total. The third-order valence-electron chi connectivity index (χ3n) is 4.02. The highest BCUT2D eigenvalue weighted by atomic mass is 16.3. The molecular formula is C13H27N3O. The summed E-state index contributed by atoms with van der Waals surface area (Å²) in [6.45, 7) is 8.87. The third-order valence-corrected chi connectivity index (χ3v) is 4.02. The summed E-state index contributed by atoms with van der Waals surface area (Å²) in [5, 5.41) is 9.81. The van der Waals surface area contributed by atoms with Crippen molar-refractivity contribution in [1.82, 2.24) is 9.80 Å². The van der Waals surface area contributed by atoms with Gasteiger partial charge >= 0.3 is 0 Å². The largest absolute Gasteiger partial charge is 0.389 e. The number of β-amino-alcohol motifs (C(OH)–C–C–N with tert-alkyl or cyclic N) is 1. The summed E-state index contributed by atoms with van der Waals surface area (Å²) >= 11 is 0. The fourth-order valence-electron chi connectivity index (χ4n) is 3.22. The molecule has 1 aliphatic carbocycles. The Balaban J connectivity index is 1.78. The lowest BCUT2D eigenvalue weighted by molar-refractivity contribution is 0.0102. The maximum absolute atomic E-state index is 9.81. The first-order chi connectivity index (χ1) is 7.96. The monoisotopic (exact) mass is 241 g/mol. The average Bonchev–Trinajstić information content (AvgIpc) is 2.63. The molecule has 100 valence electrons. The fraction of sp³-hybridized carbons (Fsp3) is 1.00. The molecule has 1 saturated carbocycles. The normalized spacial score (nSPS) is 33.2. The van der Waals surface area contributed by atoms with E-state index in [1.165, 1.54) is 19.3 Å². The van der Waals surface area contributed by atoms with Crippen LogP contribution in [0.3, 0.4) is 0 Å². The van der Waals surface area contributed by atoms with Gasteiger partial charge in [-0.3, -0.25) is 9.80 Å². The van der Waals surface area contributed by atoms with Gasteiger partial charge in [0, 0.05) is 44.8 Å². The minimum atomic E-state index is -0.577. The zero-order valence-electron chi connectivity index (χ0n) is 11.2. The molecule has 2 rings (SSSR count). The smallest absolute Gasteiger partial charge is 0.0718 e. The van der Waals surface area contributed by atoms with Gasteiger partial charge in [0.15, 0.2) is 0 Å². The molecule has 2 atom stereocenters. The van der Waals surface area contributed by atoms with Gasteiger partial charge in [0.1, 0.15) is 0 Å². The Bertz CT molecular complexity index is 244. The summed E-state index contributed by atoms with van der Waals surface area (Å²) in [5.41, 5.74) is 5.57. The van der Waals surface area contributed by atoms with Crippen molar-refractivity contribution in [2.45, 2.75) is 50.8 Å². The van der Waals surface area contributed by atoms with Crippen LogP contribution < -0.4 is 5.73 Å². The molecule has 0 aromatic rings. The second kappa shape index (κ2) is 5.22. The molecule has 0 aromatic carbocycles. The molecule has 2 unspecified atom stereocenters. The number of hydrogen-bond donors (Lipinski definition) is 2. The van der Waals surface area contributed by atoms with Crippen LogP contribution in [-0.4, -0.2) is 65.3 Å². The quantitative estimate of drug-likeness (QED) is 0.744. The van der Waals surface area contributed by atoms with Gasteiger partial charge in [-0.05, 0) is 26.7 Å². The van der Waals surface area contributed by atoms with E-state index in [1.807, 2.05) is 13.8 Å². The topological polar surface area (TPSA) is 52.7 Å². The van der Waals surface area contributed by atoms with Crippen LogP contribution in [0.1, 0.15) is 33.1 Å². The molecule has 1 aliphatic heterocycles. The van der Waals surface area contributed by atoms with Gasteiger partial charge in [0.25, 0.3) is 0 Å². The zero-order chi connectivity index (χ0) is 12.5. The average molecular weight is 241 g/mol. The predicted molar refractivity (Wildman–Crippen MR) is 69.9 cm³/mol. The van der Waals surface area contributed by atoms with Crippen LogP contribution in [0, 0.1) is 0 Å². The minimum Gasteiger partial charge on any atom is -0.389 e. The van der Waals surface area contributed by atoms with E-state index in [4.69, 9.17) is 5.73 Å². The lowest BCUT2D eigenvalue weighted by atomic mass is 10.1. The van der Waals surface area contributed by atoms with E-state index in [2.05, 4.69) is 9.80 Å². The highest BCUT2D eigenvalue weighted by Crippen LogP contribution is 2.23. The number of piperazine rings is 1. The standard InChI is InChI=1S/C13H27N3O/c1-13(2,17)10-15-6-8-16(9-7-15)12-5-3-4-11(12)14/h11-12,17H,3-10,14H2,1-2H3. The summed E-state index contributed by atoms with van der Waals surface area (Å²) < 4.78 is 0. The summed E-state index contributed by atoms with van der Waals surface area (Å²) in [6.07, 6.45) is 3.75. The molecule has 2 aliphatic rings. The van der Waals surface area contributed by atoms with E-state index >= 15 is 0 Å². The predicted octanol–water partition coefficient (Wildman–Crippen LogP) is 0.255. The molecular weight excluding hydrogens is 214 g/mol. The maximum Gasteiger partial charge on any atom is 0.0718 e. The second-order valence-corrected chi connectivity index (χ2v) is 6.29. The van der Waals surface area contributed by atoms with Crippen molar-refractivity contribution in [2.24, 2.45) is 5.73 Å². The van der Waals surface area contributed by atoms with Crippen molar-refractivity contribution in [2.75, 3.05) is 32.7 Å². The SMILES string of the molecule is CC(C)(O)CN1CCN(C2CCCC2N)CC1.